The molecule has 0 aliphatic carbocycles. The molecule has 0 saturated heterocycles. The molecule has 1 atom stereocenters. The summed E-state index contributed by atoms with van der Waals surface area (Å²) in [5.41, 5.74) is 0.160. The van der Waals surface area contributed by atoms with Crippen molar-refractivity contribution in [3.8, 4) is 0 Å². The summed E-state index contributed by atoms with van der Waals surface area (Å²) in [6.45, 7) is 6.94. The molecule has 6 heteroatoms. The first-order valence-corrected chi connectivity index (χ1v) is 5.65. The van der Waals surface area contributed by atoms with E-state index in [4.69, 9.17) is 10.2 Å². The number of carbonyl (C=O) groups excluding carboxylic acids is 1. The first kappa shape index (κ1) is 15.7. The number of aliphatic hydroxyl groups excluding tert-OH is 1. The zero-order valence-electron chi connectivity index (χ0n) is 10.6. The van der Waals surface area contributed by atoms with Gasteiger partial charge in [-0.3, -0.25) is 0 Å². The van der Waals surface area contributed by atoms with E-state index in [0.717, 1.165) is 6.42 Å². The Kier molecular flexibility index (Phi) is 6.57. The van der Waals surface area contributed by atoms with Crippen molar-refractivity contribution >= 4 is 12.0 Å². The highest BCUT2D eigenvalue weighted by Crippen LogP contribution is 2.16. The van der Waals surface area contributed by atoms with Crippen LogP contribution in [-0.4, -0.2) is 41.4 Å². The maximum atomic E-state index is 11.2. The van der Waals surface area contributed by atoms with E-state index in [2.05, 4.69) is 31.4 Å². The topological polar surface area (TPSA) is 98.7 Å². The van der Waals surface area contributed by atoms with E-state index in [-0.39, 0.29) is 24.4 Å². The van der Waals surface area contributed by atoms with Gasteiger partial charge in [0.05, 0.1) is 0 Å². The third-order valence-electron chi connectivity index (χ3n) is 2.15. The molecule has 0 fully saturated rings. The summed E-state index contributed by atoms with van der Waals surface area (Å²) >= 11 is 0. The summed E-state index contributed by atoms with van der Waals surface area (Å²) in [4.78, 5) is 21.5. The standard InChI is InChI=1S/C11H22N2O4/c1-11(2,3)5-7-13-10(17)12-6-4-8(14)9(15)16/h8,14H,4-7H2,1-3H3,(H,15,16)(H2,12,13,17). The first-order valence-electron chi connectivity index (χ1n) is 5.65. The zero-order chi connectivity index (χ0) is 13.5. The smallest absolute Gasteiger partial charge is 0.332 e. The summed E-state index contributed by atoms with van der Waals surface area (Å²) in [5.74, 6) is -1.28. The van der Waals surface area contributed by atoms with Gasteiger partial charge < -0.3 is 20.8 Å². The van der Waals surface area contributed by atoms with E-state index in [1.807, 2.05) is 0 Å². The van der Waals surface area contributed by atoms with Gasteiger partial charge in [0, 0.05) is 19.5 Å². The van der Waals surface area contributed by atoms with Crippen LogP contribution in [0.1, 0.15) is 33.6 Å². The number of urea groups is 1. The van der Waals surface area contributed by atoms with Crippen LogP contribution in [0.2, 0.25) is 0 Å². The second-order valence-corrected chi connectivity index (χ2v) is 5.14. The van der Waals surface area contributed by atoms with Crippen molar-refractivity contribution < 1.29 is 19.8 Å². The predicted molar refractivity (Wildman–Crippen MR) is 63.7 cm³/mol. The van der Waals surface area contributed by atoms with E-state index < -0.39 is 12.1 Å². The van der Waals surface area contributed by atoms with Crippen LogP contribution in [0, 0.1) is 5.41 Å². The molecular formula is C11H22N2O4. The van der Waals surface area contributed by atoms with Crippen LogP contribution in [0.15, 0.2) is 0 Å². The monoisotopic (exact) mass is 246 g/mol. The molecule has 2 amide bonds. The molecule has 1 unspecified atom stereocenters. The number of hydrogen-bond acceptors (Lipinski definition) is 3. The van der Waals surface area contributed by atoms with Crippen molar-refractivity contribution in [2.45, 2.75) is 39.7 Å². The molecule has 0 aliphatic rings. The molecule has 0 aliphatic heterocycles. The van der Waals surface area contributed by atoms with Gasteiger partial charge in [0.15, 0.2) is 6.10 Å². The lowest BCUT2D eigenvalue weighted by molar-refractivity contribution is -0.146. The van der Waals surface area contributed by atoms with Crippen LogP contribution in [0.4, 0.5) is 4.79 Å². The zero-order valence-corrected chi connectivity index (χ0v) is 10.6. The lowest BCUT2D eigenvalue weighted by Crippen LogP contribution is -2.38. The number of nitrogens with one attached hydrogen (secondary N) is 2. The average Bonchev–Trinajstić information content (AvgIpc) is 2.15. The minimum Gasteiger partial charge on any atom is -0.479 e. The number of carbonyl (C=O) groups is 2. The molecule has 100 valence electrons. The van der Waals surface area contributed by atoms with E-state index in [0.29, 0.717) is 6.54 Å². The molecular weight excluding hydrogens is 224 g/mol. The third kappa shape index (κ3) is 9.62. The van der Waals surface area contributed by atoms with Gasteiger partial charge in [0.25, 0.3) is 0 Å². The van der Waals surface area contributed by atoms with E-state index in [1.165, 1.54) is 0 Å². The van der Waals surface area contributed by atoms with E-state index in [9.17, 15) is 9.59 Å². The Morgan fingerprint density at radius 2 is 1.71 bits per heavy atom. The first-order chi connectivity index (χ1) is 7.72. The van der Waals surface area contributed by atoms with Crippen molar-refractivity contribution in [2.75, 3.05) is 13.1 Å². The Morgan fingerprint density at radius 3 is 2.18 bits per heavy atom. The number of aliphatic carboxylic acids is 1. The molecule has 0 aromatic heterocycles. The van der Waals surface area contributed by atoms with E-state index in [1.54, 1.807) is 0 Å². The molecule has 0 aromatic carbocycles. The summed E-state index contributed by atoms with van der Waals surface area (Å²) in [5, 5.41) is 22.5. The van der Waals surface area contributed by atoms with Crippen molar-refractivity contribution in [3.05, 3.63) is 0 Å². The Labute approximate surface area is 101 Å². The fourth-order valence-corrected chi connectivity index (χ4v) is 1.06. The van der Waals surface area contributed by atoms with Gasteiger partial charge >= 0.3 is 12.0 Å². The van der Waals surface area contributed by atoms with Crippen molar-refractivity contribution in [2.24, 2.45) is 5.41 Å². The summed E-state index contributed by atoms with van der Waals surface area (Å²) in [6, 6.07) is -0.341. The van der Waals surface area contributed by atoms with Crippen LogP contribution < -0.4 is 10.6 Å². The SMILES string of the molecule is CC(C)(C)CCNC(=O)NCCC(O)C(=O)O. The van der Waals surface area contributed by atoms with Gasteiger partial charge in [-0.1, -0.05) is 20.8 Å². The maximum Gasteiger partial charge on any atom is 0.332 e. The second kappa shape index (κ2) is 7.11. The van der Waals surface area contributed by atoms with Gasteiger partial charge in [-0.15, -0.1) is 0 Å². The minimum absolute atomic E-state index is 0.00201. The van der Waals surface area contributed by atoms with Crippen LogP contribution in [0.5, 0.6) is 0 Å². The normalized spacial score (nSPS) is 12.9. The molecule has 0 rings (SSSR count). The van der Waals surface area contributed by atoms with Crippen LogP contribution in [-0.2, 0) is 4.79 Å². The fourth-order valence-electron chi connectivity index (χ4n) is 1.06. The summed E-state index contributed by atoms with van der Waals surface area (Å²) in [7, 11) is 0. The Balaban J connectivity index is 3.57. The molecule has 17 heavy (non-hydrogen) atoms. The molecule has 0 spiro atoms. The Hall–Kier alpha value is -1.30. The highest BCUT2D eigenvalue weighted by Gasteiger charge is 2.13. The summed E-state index contributed by atoms with van der Waals surface area (Å²) < 4.78 is 0. The number of carboxylic acid groups (broad SMARTS) is 1. The van der Waals surface area contributed by atoms with Gasteiger partial charge in [-0.25, -0.2) is 9.59 Å². The largest absolute Gasteiger partial charge is 0.479 e. The Bertz CT molecular complexity index is 261. The fraction of sp³-hybridized carbons (Fsp3) is 0.818. The lowest BCUT2D eigenvalue weighted by Gasteiger charge is -2.18. The number of hydrogen-bond donors (Lipinski definition) is 4. The molecule has 0 radical (unpaired) electrons. The Morgan fingerprint density at radius 1 is 1.18 bits per heavy atom. The van der Waals surface area contributed by atoms with Crippen LogP contribution >= 0.6 is 0 Å². The van der Waals surface area contributed by atoms with Crippen molar-refractivity contribution in [3.63, 3.8) is 0 Å². The highest BCUT2D eigenvalue weighted by molar-refractivity contribution is 5.74. The highest BCUT2D eigenvalue weighted by atomic mass is 16.4. The van der Waals surface area contributed by atoms with Gasteiger partial charge in [-0.05, 0) is 11.8 Å². The number of amides is 2. The molecule has 0 aromatic rings. The molecule has 6 nitrogen and oxygen atoms in total. The van der Waals surface area contributed by atoms with Gasteiger partial charge in [0.1, 0.15) is 0 Å². The number of rotatable bonds is 6. The maximum absolute atomic E-state index is 11.2. The lowest BCUT2D eigenvalue weighted by atomic mass is 9.92. The quantitative estimate of drug-likeness (QED) is 0.550. The van der Waals surface area contributed by atoms with Gasteiger partial charge in [-0.2, -0.15) is 0 Å². The van der Waals surface area contributed by atoms with Gasteiger partial charge in [0.2, 0.25) is 0 Å². The molecule has 0 saturated carbocycles. The third-order valence-corrected chi connectivity index (χ3v) is 2.15. The second-order valence-electron chi connectivity index (χ2n) is 5.14. The molecule has 0 heterocycles. The van der Waals surface area contributed by atoms with E-state index >= 15 is 0 Å². The van der Waals surface area contributed by atoms with Crippen LogP contribution in [0.3, 0.4) is 0 Å². The van der Waals surface area contributed by atoms with Crippen molar-refractivity contribution in [1.29, 1.82) is 0 Å². The van der Waals surface area contributed by atoms with Crippen LogP contribution in [0.25, 0.3) is 0 Å². The predicted octanol–water partition coefficient (Wildman–Crippen LogP) is 0.557. The number of carboxylic acids is 1. The van der Waals surface area contributed by atoms with Crippen molar-refractivity contribution in [1.82, 2.24) is 10.6 Å². The molecule has 0 bridgehead atoms. The summed E-state index contributed by atoms with van der Waals surface area (Å²) in [6.07, 6.45) is -0.565. The molecule has 4 N–H and O–H groups in total. The average molecular weight is 246 g/mol. The minimum atomic E-state index is -1.43. The number of aliphatic hydroxyl groups is 1.